The maximum atomic E-state index is 12.0. The van der Waals surface area contributed by atoms with Gasteiger partial charge in [0.1, 0.15) is 17.9 Å². The lowest BCUT2D eigenvalue weighted by Crippen LogP contribution is -2.46. The molecule has 0 radical (unpaired) electrons. The number of nitrogens with one attached hydrogen (secondary N) is 1. The molecule has 1 fully saturated rings. The first-order chi connectivity index (χ1) is 12.7. The quantitative estimate of drug-likeness (QED) is 0.547. The third-order valence-electron chi connectivity index (χ3n) is 4.54. The Bertz CT molecular complexity index is 934. The van der Waals surface area contributed by atoms with E-state index in [9.17, 15) is 9.69 Å². The molecule has 0 spiro atoms. The monoisotopic (exact) mass is 419 g/mol. The van der Waals surface area contributed by atoms with Gasteiger partial charge in [-0.25, -0.2) is 4.98 Å². The maximum Gasteiger partial charge on any atom is 0.324 e. The fourth-order valence-corrected chi connectivity index (χ4v) is 4.01. The summed E-state index contributed by atoms with van der Waals surface area (Å²) in [5, 5.41) is 0. The van der Waals surface area contributed by atoms with Crippen molar-refractivity contribution in [2.24, 2.45) is 0 Å². The highest BCUT2D eigenvalue weighted by Gasteiger charge is 2.48. The lowest BCUT2D eigenvalue weighted by atomic mass is 9.97. The smallest absolute Gasteiger partial charge is 0.324 e. The van der Waals surface area contributed by atoms with Crippen LogP contribution in [-0.4, -0.2) is 56.4 Å². The van der Waals surface area contributed by atoms with Gasteiger partial charge in [0.05, 0.1) is 19.5 Å². The summed E-state index contributed by atoms with van der Waals surface area (Å²) in [6.07, 6.45) is 0.800. The number of nitrogen functional groups attached to an aromatic ring is 1. The van der Waals surface area contributed by atoms with Crippen molar-refractivity contribution in [3.8, 4) is 0 Å². The molecule has 3 heterocycles. The van der Waals surface area contributed by atoms with Crippen LogP contribution in [0.2, 0.25) is 0 Å². The molecule has 13 heteroatoms. The van der Waals surface area contributed by atoms with E-state index in [0.717, 1.165) is 0 Å². The number of fused-ring (bicyclic) bond motifs is 1. The molecular weight excluding hydrogens is 397 g/mol. The number of rotatable bonds is 7. The van der Waals surface area contributed by atoms with Gasteiger partial charge >= 0.3 is 6.72 Å². The number of nitrogens with zero attached hydrogens (tertiary/aromatic N) is 3. The SMILES string of the molecule is CC[C@]1(OC(C)n2cnc3c(=O)[nH]c(N)nc32)COCC1OP(O)(=S)OC. The Labute approximate surface area is 160 Å². The fourth-order valence-electron chi connectivity index (χ4n) is 3.04. The summed E-state index contributed by atoms with van der Waals surface area (Å²) >= 11 is 4.95. The van der Waals surface area contributed by atoms with Gasteiger partial charge in [-0.1, -0.05) is 6.92 Å². The van der Waals surface area contributed by atoms with E-state index in [4.69, 9.17) is 36.1 Å². The number of H-pyrrole nitrogens is 1. The second kappa shape index (κ2) is 7.55. The minimum absolute atomic E-state index is 0.0156. The van der Waals surface area contributed by atoms with Crippen LogP contribution in [0.15, 0.2) is 11.1 Å². The summed E-state index contributed by atoms with van der Waals surface area (Å²) < 4.78 is 23.9. The highest BCUT2D eigenvalue weighted by atomic mass is 32.5. The number of anilines is 1. The Morgan fingerprint density at radius 1 is 1.67 bits per heavy atom. The zero-order valence-corrected chi connectivity index (χ0v) is 16.8. The summed E-state index contributed by atoms with van der Waals surface area (Å²) in [5.41, 5.74) is 4.80. The van der Waals surface area contributed by atoms with Crippen molar-refractivity contribution in [1.82, 2.24) is 19.5 Å². The molecule has 2 aromatic heterocycles. The highest BCUT2D eigenvalue weighted by molar-refractivity contribution is 8.07. The number of imidazole rings is 1. The number of hydrogen-bond acceptors (Lipinski definition) is 9. The number of ether oxygens (including phenoxy) is 2. The van der Waals surface area contributed by atoms with E-state index in [2.05, 4.69) is 15.0 Å². The van der Waals surface area contributed by atoms with Gasteiger partial charge in [-0.2, -0.15) is 4.98 Å². The van der Waals surface area contributed by atoms with Gasteiger partial charge in [0.2, 0.25) is 5.95 Å². The van der Waals surface area contributed by atoms with Gasteiger partial charge in [0.25, 0.3) is 5.56 Å². The van der Waals surface area contributed by atoms with Crippen LogP contribution in [0.1, 0.15) is 26.5 Å². The van der Waals surface area contributed by atoms with Crippen LogP contribution in [0.4, 0.5) is 5.95 Å². The molecule has 0 amide bonds. The Hall–Kier alpha value is -1.40. The first-order valence-electron chi connectivity index (χ1n) is 8.26. The lowest BCUT2D eigenvalue weighted by molar-refractivity contribution is -0.152. The molecule has 11 nitrogen and oxygen atoms in total. The summed E-state index contributed by atoms with van der Waals surface area (Å²) in [7, 11) is 1.29. The van der Waals surface area contributed by atoms with E-state index in [1.54, 1.807) is 11.5 Å². The van der Waals surface area contributed by atoms with Crippen LogP contribution in [-0.2, 0) is 30.3 Å². The Morgan fingerprint density at radius 2 is 2.41 bits per heavy atom. The number of hydrogen-bond donors (Lipinski definition) is 3. The lowest BCUT2D eigenvalue weighted by Gasteiger charge is -2.36. The van der Waals surface area contributed by atoms with Gasteiger partial charge < -0.3 is 24.6 Å². The average molecular weight is 419 g/mol. The van der Waals surface area contributed by atoms with Crippen LogP contribution in [0, 0.1) is 0 Å². The van der Waals surface area contributed by atoms with Crippen molar-refractivity contribution in [3.05, 3.63) is 16.7 Å². The van der Waals surface area contributed by atoms with Crippen molar-refractivity contribution < 1.29 is 23.4 Å². The van der Waals surface area contributed by atoms with Crippen LogP contribution >= 0.6 is 6.72 Å². The van der Waals surface area contributed by atoms with Crippen LogP contribution in [0.3, 0.4) is 0 Å². The first-order valence-corrected chi connectivity index (χ1v) is 10.9. The molecule has 150 valence electrons. The minimum Gasteiger partial charge on any atom is -0.376 e. The molecule has 0 bridgehead atoms. The third-order valence-corrected chi connectivity index (χ3v) is 6.23. The van der Waals surface area contributed by atoms with Crippen LogP contribution in [0.5, 0.6) is 0 Å². The Kier molecular flexibility index (Phi) is 5.69. The topological polar surface area (TPSA) is 147 Å². The van der Waals surface area contributed by atoms with E-state index in [1.165, 1.54) is 13.4 Å². The molecule has 0 aromatic carbocycles. The van der Waals surface area contributed by atoms with E-state index in [0.29, 0.717) is 12.1 Å². The van der Waals surface area contributed by atoms with Crippen molar-refractivity contribution in [2.45, 2.75) is 38.2 Å². The van der Waals surface area contributed by atoms with Gasteiger partial charge in [-0.3, -0.25) is 18.9 Å². The normalized spacial score (nSPS) is 26.3. The summed E-state index contributed by atoms with van der Waals surface area (Å²) in [6, 6.07) is 0. The molecule has 1 aliphatic rings. The fraction of sp³-hybridized carbons (Fsp3) is 0.643. The van der Waals surface area contributed by atoms with Gasteiger partial charge in [0, 0.05) is 7.11 Å². The van der Waals surface area contributed by atoms with Crippen molar-refractivity contribution >= 4 is 35.6 Å². The zero-order chi connectivity index (χ0) is 19.8. The highest BCUT2D eigenvalue weighted by Crippen LogP contribution is 2.48. The van der Waals surface area contributed by atoms with E-state index < -0.39 is 30.2 Å². The standard InChI is InChI=1S/C14H22N5O6PS/c1-4-14(6-23-5-9(14)25-26(21,27)22-3)24-8(2)19-7-16-10-11(19)17-13(15)18-12(10)20/h7-9H,4-6H2,1-3H3,(H,21,27)(H3,15,17,18,20)/t8?,9?,14-,26?/m0/s1. The number of aromatic nitrogens is 4. The third kappa shape index (κ3) is 3.92. The maximum absolute atomic E-state index is 12.0. The molecule has 1 aliphatic heterocycles. The zero-order valence-electron chi connectivity index (χ0n) is 15.1. The van der Waals surface area contributed by atoms with Crippen LogP contribution < -0.4 is 11.3 Å². The molecule has 1 saturated heterocycles. The second-order valence-electron chi connectivity index (χ2n) is 6.17. The predicted molar refractivity (Wildman–Crippen MR) is 101 cm³/mol. The largest absolute Gasteiger partial charge is 0.376 e. The Morgan fingerprint density at radius 3 is 3.07 bits per heavy atom. The van der Waals surface area contributed by atoms with Gasteiger partial charge in [0.15, 0.2) is 11.2 Å². The van der Waals surface area contributed by atoms with Crippen molar-refractivity contribution in [1.29, 1.82) is 0 Å². The molecule has 4 atom stereocenters. The van der Waals surface area contributed by atoms with E-state index in [1.807, 2.05) is 6.92 Å². The molecule has 4 N–H and O–H groups in total. The van der Waals surface area contributed by atoms with Gasteiger partial charge in [-0.05, 0) is 25.2 Å². The predicted octanol–water partition coefficient (Wildman–Crippen LogP) is 0.664. The average Bonchev–Trinajstić information content (AvgIpc) is 3.19. The minimum atomic E-state index is -3.39. The number of aromatic amines is 1. The molecule has 0 aliphatic carbocycles. The molecule has 2 aromatic rings. The molecule has 27 heavy (non-hydrogen) atoms. The van der Waals surface area contributed by atoms with Gasteiger partial charge in [-0.15, -0.1) is 0 Å². The summed E-state index contributed by atoms with van der Waals surface area (Å²) in [5.74, 6) is -0.0156. The summed E-state index contributed by atoms with van der Waals surface area (Å²) in [6.45, 7) is 0.757. The summed E-state index contributed by atoms with van der Waals surface area (Å²) in [4.78, 5) is 32.6. The van der Waals surface area contributed by atoms with E-state index >= 15 is 0 Å². The number of nitrogens with two attached hydrogens (primary N) is 1. The molecule has 0 saturated carbocycles. The van der Waals surface area contributed by atoms with Crippen LogP contribution in [0.25, 0.3) is 11.2 Å². The second-order valence-corrected chi connectivity index (χ2v) is 9.07. The van der Waals surface area contributed by atoms with Crippen molar-refractivity contribution in [3.63, 3.8) is 0 Å². The van der Waals surface area contributed by atoms with E-state index in [-0.39, 0.29) is 24.7 Å². The Balaban J connectivity index is 1.90. The molecule has 3 rings (SSSR count). The molecule has 3 unspecified atom stereocenters. The van der Waals surface area contributed by atoms with Crippen molar-refractivity contribution in [2.75, 3.05) is 26.1 Å². The first kappa shape index (κ1) is 20.3. The molecular formula is C14H22N5O6PS.